The van der Waals surface area contributed by atoms with Crippen LogP contribution in [0.25, 0.3) is 0 Å². The lowest BCUT2D eigenvalue weighted by molar-refractivity contribution is 0.644. The first kappa shape index (κ1) is 17.9. The molecular formula is C17H26N4S2. The molecule has 2 aromatic rings. The van der Waals surface area contributed by atoms with E-state index in [9.17, 15) is 0 Å². The third-order valence-corrected chi connectivity index (χ3v) is 5.72. The predicted octanol–water partition coefficient (Wildman–Crippen LogP) is 3.41. The highest BCUT2D eigenvalue weighted by molar-refractivity contribution is 7.12. The van der Waals surface area contributed by atoms with Crippen molar-refractivity contribution < 1.29 is 0 Å². The van der Waals surface area contributed by atoms with E-state index in [1.165, 1.54) is 19.6 Å². The minimum absolute atomic E-state index is 0.353. The third-order valence-electron chi connectivity index (χ3n) is 3.49. The Morgan fingerprint density at radius 1 is 1.30 bits per heavy atom. The van der Waals surface area contributed by atoms with E-state index in [0.29, 0.717) is 6.04 Å². The van der Waals surface area contributed by atoms with Gasteiger partial charge in [0.05, 0.1) is 5.01 Å². The number of hydrogen-bond donors (Lipinski definition) is 2. The average Bonchev–Trinajstić information content (AvgIpc) is 3.15. The summed E-state index contributed by atoms with van der Waals surface area (Å²) in [6, 6.07) is 4.74. The first-order chi connectivity index (χ1) is 11.1. The summed E-state index contributed by atoms with van der Waals surface area (Å²) < 4.78 is 0. The number of aromatic nitrogens is 1. The van der Waals surface area contributed by atoms with Crippen LogP contribution in [0.5, 0.6) is 0 Å². The Balaban J connectivity index is 1.74. The van der Waals surface area contributed by atoms with Gasteiger partial charge in [-0.15, -0.1) is 22.7 Å². The van der Waals surface area contributed by atoms with Gasteiger partial charge in [0.15, 0.2) is 5.96 Å². The summed E-state index contributed by atoms with van der Waals surface area (Å²) in [6.07, 6.45) is 5.00. The Bertz CT molecular complexity index is 630. The van der Waals surface area contributed by atoms with Crippen molar-refractivity contribution in [2.24, 2.45) is 4.99 Å². The van der Waals surface area contributed by atoms with E-state index < -0.39 is 0 Å². The monoisotopic (exact) mass is 350 g/mol. The van der Waals surface area contributed by atoms with Crippen molar-refractivity contribution in [1.29, 1.82) is 0 Å². The smallest absolute Gasteiger partial charge is 0.191 e. The molecule has 0 aliphatic carbocycles. The van der Waals surface area contributed by atoms with Gasteiger partial charge in [-0.05, 0) is 32.4 Å². The fourth-order valence-corrected chi connectivity index (χ4v) is 4.17. The summed E-state index contributed by atoms with van der Waals surface area (Å²) in [6.45, 7) is 7.35. The maximum atomic E-state index is 4.45. The number of thiazole rings is 1. The second-order valence-electron chi connectivity index (χ2n) is 5.58. The van der Waals surface area contributed by atoms with E-state index in [-0.39, 0.29) is 0 Å². The molecule has 0 aliphatic rings. The summed E-state index contributed by atoms with van der Waals surface area (Å²) in [5.74, 6) is 0.859. The van der Waals surface area contributed by atoms with Crippen LogP contribution < -0.4 is 10.6 Å². The maximum absolute atomic E-state index is 4.45. The average molecular weight is 351 g/mol. The molecule has 0 amide bonds. The SMILES string of the molecule is CCc1cnc(CCNC(=NC)NC(C)Cc2ccc(C)s2)s1. The van der Waals surface area contributed by atoms with Crippen molar-refractivity contribution in [3.63, 3.8) is 0 Å². The van der Waals surface area contributed by atoms with Crippen molar-refractivity contribution in [2.45, 2.75) is 46.1 Å². The van der Waals surface area contributed by atoms with Crippen LogP contribution in [0.2, 0.25) is 0 Å². The molecule has 6 heteroatoms. The van der Waals surface area contributed by atoms with E-state index in [0.717, 1.165) is 31.8 Å². The number of nitrogens with one attached hydrogen (secondary N) is 2. The van der Waals surface area contributed by atoms with E-state index >= 15 is 0 Å². The molecule has 2 rings (SSSR count). The van der Waals surface area contributed by atoms with Gasteiger partial charge in [0, 0.05) is 53.3 Å². The molecule has 126 valence electrons. The van der Waals surface area contributed by atoms with E-state index in [2.05, 4.69) is 53.5 Å². The summed E-state index contributed by atoms with van der Waals surface area (Å²) in [5, 5.41) is 8.02. The second kappa shape index (κ2) is 9.03. The molecule has 0 saturated carbocycles. The lowest BCUT2D eigenvalue weighted by atomic mass is 10.2. The molecular weight excluding hydrogens is 324 g/mol. The van der Waals surface area contributed by atoms with Crippen LogP contribution in [0, 0.1) is 6.92 Å². The first-order valence-electron chi connectivity index (χ1n) is 8.06. The number of aryl methyl sites for hydroxylation is 2. The zero-order valence-electron chi connectivity index (χ0n) is 14.3. The van der Waals surface area contributed by atoms with E-state index in [4.69, 9.17) is 0 Å². The van der Waals surface area contributed by atoms with Gasteiger partial charge in [0.2, 0.25) is 0 Å². The number of thiophene rings is 1. The summed E-state index contributed by atoms with van der Waals surface area (Å²) in [7, 11) is 1.82. The first-order valence-corrected chi connectivity index (χ1v) is 9.70. The van der Waals surface area contributed by atoms with Gasteiger partial charge in [0.1, 0.15) is 0 Å². The number of hydrogen-bond acceptors (Lipinski definition) is 4. The molecule has 1 unspecified atom stereocenters. The standard InChI is InChI=1S/C17H26N4S2/c1-5-14-11-20-16(23-14)8-9-19-17(18-4)21-12(2)10-15-7-6-13(3)22-15/h6-7,11-12H,5,8-10H2,1-4H3,(H2,18,19,21). The molecule has 23 heavy (non-hydrogen) atoms. The van der Waals surface area contributed by atoms with Crippen LogP contribution >= 0.6 is 22.7 Å². The minimum Gasteiger partial charge on any atom is -0.356 e. The van der Waals surface area contributed by atoms with Crippen molar-refractivity contribution in [3.8, 4) is 0 Å². The molecule has 2 heterocycles. The van der Waals surface area contributed by atoms with Gasteiger partial charge in [0.25, 0.3) is 0 Å². The lowest BCUT2D eigenvalue weighted by Gasteiger charge is -2.17. The molecule has 2 N–H and O–H groups in total. The highest BCUT2D eigenvalue weighted by Gasteiger charge is 2.08. The zero-order chi connectivity index (χ0) is 16.7. The van der Waals surface area contributed by atoms with Gasteiger partial charge in [-0.2, -0.15) is 0 Å². The van der Waals surface area contributed by atoms with Crippen LogP contribution in [0.3, 0.4) is 0 Å². The largest absolute Gasteiger partial charge is 0.356 e. The molecule has 0 bridgehead atoms. The number of nitrogens with zero attached hydrogens (tertiary/aromatic N) is 2. The highest BCUT2D eigenvalue weighted by atomic mass is 32.1. The Morgan fingerprint density at radius 2 is 2.13 bits per heavy atom. The van der Waals surface area contributed by atoms with Gasteiger partial charge < -0.3 is 10.6 Å². The molecule has 0 spiro atoms. The van der Waals surface area contributed by atoms with Crippen LogP contribution in [0.1, 0.15) is 33.5 Å². The molecule has 0 fully saturated rings. The Hall–Kier alpha value is -1.40. The van der Waals surface area contributed by atoms with E-state index in [1.54, 1.807) is 11.3 Å². The number of aliphatic imine (C=N–C) groups is 1. The fraction of sp³-hybridized carbons (Fsp3) is 0.529. The highest BCUT2D eigenvalue weighted by Crippen LogP contribution is 2.16. The minimum atomic E-state index is 0.353. The zero-order valence-corrected chi connectivity index (χ0v) is 16.0. The van der Waals surface area contributed by atoms with Crippen molar-refractivity contribution in [3.05, 3.63) is 38.0 Å². The van der Waals surface area contributed by atoms with Crippen LogP contribution in [0.15, 0.2) is 23.3 Å². The van der Waals surface area contributed by atoms with E-state index in [1.807, 2.05) is 24.6 Å². The Labute approximate surface area is 147 Å². The van der Waals surface area contributed by atoms with Crippen molar-refractivity contribution >= 4 is 28.6 Å². The van der Waals surface area contributed by atoms with Gasteiger partial charge in [-0.25, -0.2) is 4.98 Å². The van der Waals surface area contributed by atoms with Crippen molar-refractivity contribution in [2.75, 3.05) is 13.6 Å². The number of guanidine groups is 1. The third kappa shape index (κ3) is 5.95. The van der Waals surface area contributed by atoms with Crippen LogP contribution in [0.4, 0.5) is 0 Å². The predicted molar refractivity (Wildman–Crippen MR) is 102 cm³/mol. The topological polar surface area (TPSA) is 49.3 Å². The fourth-order valence-electron chi connectivity index (χ4n) is 2.29. The summed E-state index contributed by atoms with van der Waals surface area (Å²) in [4.78, 5) is 12.9. The summed E-state index contributed by atoms with van der Waals surface area (Å²) in [5.41, 5.74) is 0. The molecule has 2 aromatic heterocycles. The molecule has 0 radical (unpaired) electrons. The second-order valence-corrected chi connectivity index (χ2v) is 8.16. The van der Waals surface area contributed by atoms with Gasteiger partial charge >= 0.3 is 0 Å². The Morgan fingerprint density at radius 3 is 2.74 bits per heavy atom. The maximum Gasteiger partial charge on any atom is 0.191 e. The number of rotatable bonds is 7. The van der Waals surface area contributed by atoms with Crippen molar-refractivity contribution in [1.82, 2.24) is 15.6 Å². The van der Waals surface area contributed by atoms with Gasteiger partial charge in [-0.1, -0.05) is 6.92 Å². The quantitative estimate of drug-likeness (QED) is 0.594. The molecule has 0 saturated heterocycles. The molecule has 0 aliphatic heterocycles. The van der Waals surface area contributed by atoms with Crippen LogP contribution in [-0.4, -0.2) is 30.6 Å². The van der Waals surface area contributed by atoms with Gasteiger partial charge in [-0.3, -0.25) is 4.99 Å². The normalized spacial score (nSPS) is 13.1. The molecule has 4 nitrogen and oxygen atoms in total. The Kier molecular flexibility index (Phi) is 7.05. The molecule has 0 aromatic carbocycles. The van der Waals surface area contributed by atoms with Crippen LogP contribution in [-0.2, 0) is 19.3 Å². The molecule has 1 atom stereocenters. The lowest BCUT2D eigenvalue weighted by Crippen LogP contribution is -2.43. The summed E-state index contributed by atoms with van der Waals surface area (Å²) >= 11 is 3.66.